The number of hydrogen-bond acceptors (Lipinski definition) is 4. The standard InChI is InChI=1S/C12H12BrN5S/c13-10-4-2-6-14-11(10)17-12(19)15-8-5-9-3-1-7-16-18-9/h1-4,6-7H,5,8H2,(H2,14,15,17,19). The lowest BCUT2D eigenvalue weighted by Gasteiger charge is -2.10. The zero-order valence-corrected chi connectivity index (χ0v) is 12.4. The van der Waals surface area contributed by atoms with E-state index in [4.69, 9.17) is 12.2 Å². The molecule has 0 atom stereocenters. The molecule has 0 saturated heterocycles. The maximum atomic E-state index is 5.19. The first-order valence-corrected chi connectivity index (χ1v) is 6.88. The van der Waals surface area contributed by atoms with Crippen molar-refractivity contribution in [2.75, 3.05) is 11.9 Å². The summed E-state index contributed by atoms with van der Waals surface area (Å²) in [6.07, 6.45) is 4.12. The fraction of sp³-hybridized carbons (Fsp3) is 0.167. The molecule has 0 unspecified atom stereocenters. The first-order valence-electron chi connectivity index (χ1n) is 5.67. The van der Waals surface area contributed by atoms with Crippen molar-refractivity contribution in [3.63, 3.8) is 0 Å². The second kappa shape index (κ2) is 7.10. The first-order chi connectivity index (χ1) is 9.25. The van der Waals surface area contributed by atoms with Crippen LogP contribution in [0.2, 0.25) is 0 Å². The lowest BCUT2D eigenvalue weighted by molar-refractivity contribution is 0.817. The summed E-state index contributed by atoms with van der Waals surface area (Å²) in [7, 11) is 0. The molecule has 7 heteroatoms. The third-order valence-electron chi connectivity index (χ3n) is 2.28. The first kappa shape index (κ1) is 13.8. The zero-order valence-electron chi connectivity index (χ0n) is 10.0. The molecular formula is C12H12BrN5S. The van der Waals surface area contributed by atoms with Gasteiger partial charge in [-0.1, -0.05) is 0 Å². The molecule has 0 aliphatic rings. The van der Waals surface area contributed by atoms with Crippen molar-refractivity contribution in [2.45, 2.75) is 6.42 Å². The average molecular weight is 338 g/mol. The molecule has 0 spiro atoms. The van der Waals surface area contributed by atoms with Crippen molar-refractivity contribution in [1.82, 2.24) is 20.5 Å². The second-order valence-corrected chi connectivity index (χ2v) is 4.94. The van der Waals surface area contributed by atoms with Gasteiger partial charge in [-0.2, -0.15) is 10.2 Å². The molecular weight excluding hydrogens is 326 g/mol. The summed E-state index contributed by atoms with van der Waals surface area (Å²) in [5.41, 5.74) is 0.928. The number of nitrogens with one attached hydrogen (secondary N) is 2. The van der Waals surface area contributed by atoms with Gasteiger partial charge in [0, 0.05) is 25.4 Å². The van der Waals surface area contributed by atoms with Crippen LogP contribution in [-0.2, 0) is 6.42 Å². The SMILES string of the molecule is S=C(NCCc1cccnn1)Nc1ncccc1Br. The zero-order chi connectivity index (χ0) is 13.5. The topological polar surface area (TPSA) is 62.7 Å². The van der Waals surface area contributed by atoms with Gasteiger partial charge in [0.15, 0.2) is 5.11 Å². The number of thiocarbonyl (C=S) groups is 1. The molecule has 0 radical (unpaired) electrons. The number of nitrogens with zero attached hydrogens (tertiary/aromatic N) is 3. The smallest absolute Gasteiger partial charge is 0.171 e. The summed E-state index contributed by atoms with van der Waals surface area (Å²) in [6, 6.07) is 7.54. The monoisotopic (exact) mass is 337 g/mol. The van der Waals surface area contributed by atoms with Gasteiger partial charge in [-0.25, -0.2) is 4.98 Å². The van der Waals surface area contributed by atoms with Crippen LogP contribution in [0.5, 0.6) is 0 Å². The molecule has 0 saturated carbocycles. The second-order valence-electron chi connectivity index (χ2n) is 3.68. The normalized spacial score (nSPS) is 9.95. The fourth-order valence-corrected chi connectivity index (χ4v) is 1.95. The number of halogens is 1. The van der Waals surface area contributed by atoms with Crippen LogP contribution in [0.1, 0.15) is 5.69 Å². The lowest BCUT2D eigenvalue weighted by atomic mass is 10.3. The highest BCUT2D eigenvalue weighted by Gasteiger charge is 2.02. The molecule has 2 heterocycles. The van der Waals surface area contributed by atoms with Crippen LogP contribution in [0.25, 0.3) is 0 Å². The van der Waals surface area contributed by atoms with Crippen LogP contribution in [0.3, 0.4) is 0 Å². The molecule has 0 fully saturated rings. The van der Waals surface area contributed by atoms with E-state index >= 15 is 0 Å². The predicted octanol–water partition coefficient (Wildman–Crippen LogP) is 2.16. The van der Waals surface area contributed by atoms with Gasteiger partial charge in [-0.05, 0) is 52.4 Å². The van der Waals surface area contributed by atoms with Crippen molar-refractivity contribution in [2.24, 2.45) is 0 Å². The van der Waals surface area contributed by atoms with Crippen molar-refractivity contribution >= 4 is 39.1 Å². The van der Waals surface area contributed by atoms with Gasteiger partial charge in [0.1, 0.15) is 5.82 Å². The van der Waals surface area contributed by atoms with E-state index in [9.17, 15) is 0 Å². The van der Waals surface area contributed by atoms with E-state index in [0.29, 0.717) is 17.5 Å². The van der Waals surface area contributed by atoms with Gasteiger partial charge in [-0.3, -0.25) is 0 Å². The summed E-state index contributed by atoms with van der Waals surface area (Å²) in [5, 5.41) is 14.5. The van der Waals surface area contributed by atoms with Gasteiger partial charge in [0.2, 0.25) is 0 Å². The Morgan fingerprint density at radius 1 is 1.26 bits per heavy atom. The Balaban J connectivity index is 1.78. The maximum absolute atomic E-state index is 5.19. The Kier molecular flexibility index (Phi) is 5.17. The average Bonchev–Trinajstić information content (AvgIpc) is 2.43. The molecule has 19 heavy (non-hydrogen) atoms. The van der Waals surface area contributed by atoms with Crippen LogP contribution < -0.4 is 10.6 Å². The summed E-state index contributed by atoms with van der Waals surface area (Å²) in [6.45, 7) is 0.689. The van der Waals surface area contributed by atoms with Crippen molar-refractivity contribution in [1.29, 1.82) is 0 Å². The Bertz CT molecular complexity index is 549. The number of pyridine rings is 1. The Hall–Kier alpha value is -1.60. The number of anilines is 1. The van der Waals surface area contributed by atoms with Gasteiger partial charge in [0.25, 0.3) is 0 Å². The van der Waals surface area contributed by atoms with Crippen LogP contribution >= 0.6 is 28.1 Å². The highest BCUT2D eigenvalue weighted by atomic mass is 79.9. The third kappa shape index (κ3) is 4.53. The quantitative estimate of drug-likeness (QED) is 0.833. The number of rotatable bonds is 4. The molecule has 0 aliphatic carbocycles. The maximum Gasteiger partial charge on any atom is 0.171 e. The van der Waals surface area contributed by atoms with Gasteiger partial charge in [0.05, 0.1) is 10.2 Å². The van der Waals surface area contributed by atoms with E-state index in [1.807, 2.05) is 24.3 Å². The lowest BCUT2D eigenvalue weighted by Crippen LogP contribution is -2.30. The summed E-state index contributed by atoms with van der Waals surface area (Å²) < 4.78 is 0.869. The number of aromatic nitrogens is 3. The summed E-state index contributed by atoms with van der Waals surface area (Å²) in [4.78, 5) is 4.18. The van der Waals surface area contributed by atoms with Crippen LogP contribution in [0, 0.1) is 0 Å². The fourth-order valence-electron chi connectivity index (χ4n) is 1.40. The Labute approximate surface area is 125 Å². The molecule has 0 aliphatic heterocycles. The predicted molar refractivity (Wildman–Crippen MR) is 81.9 cm³/mol. The van der Waals surface area contributed by atoms with Crippen molar-refractivity contribution < 1.29 is 0 Å². The molecule has 2 aromatic heterocycles. The minimum absolute atomic E-state index is 0.531. The van der Waals surface area contributed by atoms with Crippen LogP contribution in [-0.4, -0.2) is 26.8 Å². The van der Waals surface area contributed by atoms with E-state index in [1.165, 1.54) is 0 Å². The molecule has 0 amide bonds. The van der Waals surface area contributed by atoms with Gasteiger partial charge < -0.3 is 10.6 Å². The summed E-state index contributed by atoms with van der Waals surface area (Å²) in [5.74, 6) is 0.694. The molecule has 0 bridgehead atoms. The molecule has 2 rings (SSSR count). The van der Waals surface area contributed by atoms with E-state index in [0.717, 1.165) is 16.6 Å². The highest BCUT2D eigenvalue weighted by Crippen LogP contribution is 2.17. The molecule has 2 N–H and O–H groups in total. The van der Waals surface area contributed by atoms with Crippen molar-refractivity contribution in [3.05, 3.63) is 46.8 Å². The molecule has 98 valence electrons. The molecule has 2 aromatic rings. The largest absolute Gasteiger partial charge is 0.362 e. The Morgan fingerprint density at radius 2 is 2.11 bits per heavy atom. The van der Waals surface area contributed by atoms with E-state index in [2.05, 4.69) is 41.7 Å². The van der Waals surface area contributed by atoms with Crippen LogP contribution in [0.4, 0.5) is 5.82 Å². The van der Waals surface area contributed by atoms with Gasteiger partial charge in [-0.15, -0.1) is 0 Å². The Morgan fingerprint density at radius 3 is 2.84 bits per heavy atom. The molecule has 0 aromatic carbocycles. The van der Waals surface area contributed by atoms with Crippen molar-refractivity contribution in [3.8, 4) is 0 Å². The van der Waals surface area contributed by atoms with Gasteiger partial charge >= 0.3 is 0 Å². The van der Waals surface area contributed by atoms with E-state index in [1.54, 1.807) is 12.4 Å². The summed E-state index contributed by atoms with van der Waals surface area (Å²) >= 11 is 8.59. The van der Waals surface area contributed by atoms with Crippen LogP contribution in [0.15, 0.2) is 41.1 Å². The third-order valence-corrected chi connectivity index (χ3v) is 3.17. The molecule has 5 nitrogen and oxygen atoms in total. The minimum atomic E-state index is 0.531. The van der Waals surface area contributed by atoms with E-state index in [-0.39, 0.29) is 0 Å². The van der Waals surface area contributed by atoms with E-state index < -0.39 is 0 Å². The highest BCUT2D eigenvalue weighted by molar-refractivity contribution is 9.10. The minimum Gasteiger partial charge on any atom is -0.362 e. The number of hydrogen-bond donors (Lipinski definition) is 2.